The normalized spacial score (nSPS) is 14.3. The number of nitrogens with zero attached hydrogens (tertiary/aromatic N) is 3. The molecular formula is C17H19FN4O3S. The minimum atomic E-state index is -0.426. The number of halogens is 1. The lowest BCUT2D eigenvalue weighted by Gasteiger charge is -2.26. The maximum atomic E-state index is 12.9. The van der Waals surface area contributed by atoms with E-state index in [0.29, 0.717) is 10.7 Å². The zero-order valence-corrected chi connectivity index (χ0v) is 14.9. The molecule has 3 rings (SSSR count). The molecule has 1 N–H and O–H groups in total. The van der Waals surface area contributed by atoms with Gasteiger partial charge in [-0.2, -0.15) is 0 Å². The number of carbonyl (C=O) groups excluding carboxylic acids is 2. The number of nitrogens with one attached hydrogen (secondary N) is 1. The average Bonchev–Trinajstić information content (AvgIpc) is 3.13. The largest absolute Gasteiger partial charge is 0.364 e. The summed E-state index contributed by atoms with van der Waals surface area (Å²) in [5, 5.41) is 11.0. The van der Waals surface area contributed by atoms with Gasteiger partial charge in [-0.3, -0.25) is 9.59 Å². The molecule has 0 aliphatic carbocycles. The molecule has 0 bridgehead atoms. The van der Waals surface area contributed by atoms with Crippen molar-refractivity contribution in [3.63, 3.8) is 0 Å². The summed E-state index contributed by atoms with van der Waals surface area (Å²) in [6, 6.07) is 5.44. The first kappa shape index (κ1) is 18.4. The number of aromatic nitrogens is 2. The smallest absolute Gasteiger partial charge is 0.286 e. The van der Waals surface area contributed by atoms with Crippen molar-refractivity contribution < 1.29 is 18.7 Å². The van der Waals surface area contributed by atoms with Crippen LogP contribution in [0.5, 0.6) is 0 Å². The van der Waals surface area contributed by atoms with Crippen molar-refractivity contribution in [2.45, 2.75) is 25.9 Å². The summed E-state index contributed by atoms with van der Waals surface area (Å²) in [4.78, 5) is 25.9. The van der Waals surface area contributed by atoms with Crippen LogP contribution in [-0.4, -0.2) is 46.6 Å². The molecule has 2 heterocycles. The van der Waals surface area contributed by atoms with E-state index in [-0.39, 0.29) is 29.9 Å². The monoisotopic (exact) mass is 378 g/mol. The highest BCUT2D eigenvalue weighted by molar-refractivity contribution is 7.13. The number of anilines is 1. The molecular weight excluding hydrogens is 359 g/mol. The van der Waals surface area contributed by atoms with Crippen LogP contribution in [0.1, 0.15) is 34.1 Å². The molecule has 9 heteroatoms. The van der Waals surface area contributed by atoms with Crippen molar-refractivity contribution in [1.29, 1.82) is 0 Å². The first-order valence-corrected chi connectivity index (χ1v) is 9.18. The standard InChI is InChI=1S/C17H19FN4O3S/c18-12-4-6-13(7-5-12)19-16(24)17-21-20-14(26-17)10-25-11-15(23)22-8-2-1-3-9-22/h4-7H,1-3,8-11H2,(H,19,24). The van der Waals surface area contributed by atoms with Gasteiger partial charge < -0.3 is 15.0 Å². The van der Waals surface area contributed by atoms with Gasteiger partial charge in [-0.1, -0.05) is 11.3 Å². The van der Waals surface area contributed by atoms with E-state index in [0.717, 1.165) is 43.7 Å². The van der Waals surface area contributed by atoms with Gasteiger partial charge in [-0.15, -0.1) is 10.2 Å². The molecule has 26 heavy (non-hydrogen) atoms. The highest BCUT2D eigenvalue weighted by Crippen LogP contribution is 2.15. The summed E-state index contributed by atoms with van der Waals surface area (Å²) in [7, 11) is 0. The molecule has 1 aromatic heterocycles. The molecule has 0 unspecified atom stereocenters. The second-order valence-electron chi connectivity index (χ2n) is 5.90. The van der Waals surface area contributed by atoms with E-state index < -0.39 is 5.91 Å². The summed E-state index contributed by atoms with van der Waals surface area (Å²) >= 11 is 1.09. The second-order valence-corrected chi connectivity index (χ2v) is 6.96. The van der Waals surface area contributed by atoms with Crippen molar-refractivity contribution in [3.05, 3.63) is 40.1 Å². The number of rotatable bonds is 6. The molecule has 2 amide bonds. The Labute approximate surface area is 154 Å². The Hall–Kier alpha value is -2.39. The van der Waals surface area contributed by atoms with Gasteiger partial charge in [0.25, 0.3) is 5.91 Å². The van der Waals surface area contributed by atoms with Gasteiger partial charge in [0.05, 0.1) is 0 Å². The lowest BCUT2D eigenvalue weighted by Crippen LogP contribution is -2.37. The Balaban J connectivity index is 1.45. The summed E-state index contributed by atoms with van der Waals surface area (Å²) in [6.45, 7) is 1.70. The molecule has 1 aliphatic rings. The molecule has 2 aromatic rings. The third kappa shape index (κ3) is 5.06. The molecule has 0 radical (unpaired) electrons. The van der Waals surface area contributed by atoms with E-state index in [1.165, 1.54) is 24.3 Å². The van der Waals surface area contributed by atoms with Crippen LogP contribution in [0.25, 0.3) is 0 Å². The lowest BCUT2D eigenvalue weighted by atomic mass is 10.1. The second kappa shape index (κ2) is 8.81. The molecule has 1 fully saturated rings. The molecule has 0 atom stereocenters. The fourth-order valence-corrected chi connectivity index (χ4v) is 3.25. The van der Waals surface area contributed by atoms with Gasteiger partial charge >= 0.3 is 0 Å². The Kier molecular flexibility index (Phi) is 6.24. The Morgan fingerprint density at radius 2 is 1.88 bits per heavy atom. The van der Waals surface area contributed by atoms with E-state index in [1.807, 2.05) is 4.90 Å². The van der Waals surface area contributed by atoms with E-state index in [1.54, 1.807) is 0 Å². The number of carbonyl (C=O) groups is 2. The number of benzene rings is 1. The van der Waals surface area contributed by atoms with Gasteiger partial charge in [0.1, 0.15) is 24.0 Å². The van der Waals surface area contributed by atoms with E-state index in [4.69, 9.17) is 4.74 Å². The Morgan fingerprint density at radius 3 is 2.62 bits per heavy atom. The number of hydrogen-bond donors (Lipinski definition) is 1. The van der Waals surface area contributed by atoms with Crippen molar-refractivity contribution in [3.8, 4) is 0 Å². The first-order chi connectivity index (χ1) is 12.6. The fourth-order valence-electron chi connectivity index (χ4n) is 2.58. The molecule has 1 aromatic carbocycles. The highest BCUT2D eigenvalue weighted by Gasteiger charge is 2.17. The van der Waals surface area contributed by atoms with E-state index in [9.17, 15) is 14.0 Å². The van der Waals surface area contributed by atoms with E-state index >= 15 is 0 Å². The predicted octanol–water partition coefficient (Wildman–Crippen LogP) is 2.46. The number of amides is 2. The van der Waals surface area contributed by atoms with Crippen molar-refractivity contribution in [2.24, 2.45) is 0 Å². The van der Waals surface area contributed by atoms with Crippen LogP contribution >= 0.6 is 11.3 Å². The van der Waals surface area contributed by atoms with Crippen molar-refractivity contribution >= 4 is 28.8 Å². The third-order valence-electron chi connectivity index (χ3n) is 3.92. The summed E-state index contributed by atoms with van der Waals surface area (Å²) in [6.07, 6.45) is 3.24. The molecule has 138 valence electrons. The third-order valence-corrected chi connectivity index (χ3v) is 4.82. The van der Waals surface area contributed by atoms with Gasteiger partial charge in [-0.05, 0) is 43.5 Å². The Bertz CT molecular complexity index is 760. The summed E-state index contributed by atoms with van der Waals surface area (Å²) < 4.78 is 18.3. The maximum Gasteiger partial charge on any atom is 0.286 e. The zero-order chi connectivity index (χ0) is 18.4. The molecule has 0 saturated carbocycles. The predicted molar refractivity (Wildman–Crippen MR) is 94.3 cm³/mol. The average molecular weight is 378 g/mol. The number of piperidine rings is 1. The van der Waals surface area contributed by atoms with Gasteiger partial charge in [0.15, 0.2) is 0 Å². The van der Waals surface area contributed by atoms with Crippen LogP contribution in [0.4, 0.5) is 10.1 Å². The van der Waals surface area contributed by atoms with E-state index in [2.05, 4.69) is 15.5 Å². The highest BCUT2D eigenvalue weighted by atomic mass is 32.1. The summed E-state index contributed by atoms with van der Waals surface area (Å²) in [5.41, 5.74) is 0.469. The van der Waals surface area contributed by atoms with Gasteiger partial charge in [0.2, 0.25) is 10.9 Å². The number of hydrogen-bond acceptors (Lipinski definition) is 6. The fraction of sp³-hybridized carbons (Fsp3) is 0.412. The maximum absolute atomic E-state index is 12.9. The topological polar surface area (TPSA) is 84.4 Å². The number of likely N-dealkylation sites (tertiary alicyclic amines) is 1. The SMILES string of the molecule is O=C(Nc1ccc(F)cc1)c1nnc(COCC(=O)N2CCCCC2)s1. The lowest BCUT2D eigenvalue weighted by molar-refractivity contribution is -0.137. The van der Waals surface area contributed by atoms with Crippen LogP contribution in [0.3, 0.4) is 0 Å². The van der Waals surface area contributed by atoms with Crippen molar-refractivity contribution in [2.75, 3.05) is 25.0 Å². The molecule has 7 nitrogen and oxygen atoms in total. The van der Waals surface area contributed by atoms with Crippen LogP contribution in [0.15, 0.2) is 24.3 Å². The van der Waals surface area contributed by atoms with Crippen LogP contribution in [0, 0.1) is 5.82 Å². The number of ether oxygens (including phenoxy) is 1. The van der Waals surface area contributed by atoms with Gasteiger partial charge in [0, 0.05) is 18.8 Å². The Morgan fingerprint density at radius 1 is 1.15 bits per heavy atom. The molecule has 1 aliphatic heterocycles. The minimum Gasteiger partial charge on any atom is -0.364 e. The zero-order valence-electron chi connectivity index (χ0n) is 14.1. The first-order valence-electron chi connectivity index (χ1n) is 8.36. The molecule has 0 spiro atoms. The minimum absolute atomic E-state index is 0.00328. The molecule has 1 saturated heterocycles. The van der Waals surface area contributed by atoms with Crippen LogP contribution < -0.4 is 5.32 Å². The summed E-state index contributed by atoms with van der Waals surface area (Å²) in [5.74, 6) is -0.828. The quantitative estimate of drug-likeness (QED) is 0.835. The van der Waals surface area contributed by atoms with Crippen LogP contribution in [0.2, 0.25) is 0 Å². The van der Waals surface area contributed by atoms with Crippen molar-refractivity contribution in [1.82, 2.24) is 15.1 Å². The van der Waals surface area contributed by atoms with Gasteiger partial charge in [-0.25, -0.2) is 4.39 Å². The van der Waals surface area contributed by atoms with Crippen LogP contribution in [-0.2, 0) is 16.1 Å².